The van der Waals surface area contributed by atoms with E-state index in [1.165, 1.54) is 6.07 Å². The smallest absolute Gasteiger partial charge is 0.410 e. The van der Waals surface area contributed by atoms with Crippen LogP contribution in [0.3, 0.4) is 0 Å². The van der Waals surface area contributed by atoms with Crippen molar-refractivity contribution in [3.63, 3.8) is 0 Å². The molecule has 0 aliphatic carbocycles. The zero-order valence-corrected chi connectivity index (χ0v) is 40.8. The summed E-state index contributed by atoms with van der Waals surface area (Å²) in [5.74, 6) is 2.76. The molecule has 0 saturated carbocycles. The molecular weight excluding hydrogens is 843 g/mol. The van der Waals surface area contributed by atoms with Crippen LogP contribution in [-0.4, -0.2) is 114 Å². The molecule has 6 atom stereocenters. The van der Waals surface area contributed by atoms with Gasteiger partial charge >= 0.3 is 12.1 Å². The summed E-state index contributed by atoms with van der Waals surface area (Å²) in [5.41, 5.74) is 5.14. The first-order valence-electron chi connectivity index (χ1n) is 23.5. The predicted molar refractivity (Wildman–Crippen MR) is 253 cm³/mol. The van der Waals surface area contributed by atoms with Gasteiger partial charge in [0.1, 0.15) is 54.6 Å². The molecule has 7 heterocycles. The minimum absolute atomic E-state index is 0.00573. The van der Waals surface area contributed by atoms with E-state index in [0.717, 1.165) is 37.9 Å². The maximum atomic E-state index is 18.1. The summed E-state index contributed by atoms with van der Waals surface area (Å²) in [4.78, 5) is 35.2. The Labute approximate surface area is 383 Å². The molecule has 14 heteroatoms. The third kappa shape index (κ3) is 7.35. The van der Waals surface area contributed by atoms with Crippen LogP contribution in [0.2, 0.25) is 16.6 Å². The number of rotatable bonds is 8. The van der Waals surface area contributed by atoms with Crippen LogP contribution in [0.15, 0.2) is 42.5 Å². The summed E-state index contributed by atoms with van der Waals surface area (Å²) in [6.45, 7) is 27.4. The Hall–Kier alpha value is -4.84. The van der Waals surface area contributed by atoms with Crippen molar-refractivity contribution in [1.29, 1.82) is 0 Å². The Kier molecular flexibility index (Phi) is 11.5. The van der Waals surface area contributed by atoms with Crippen molar-refractivity contribution in [1.82, 2.24) is 24.8 Å². The fraction of sp³-hybridized carbons (Fsp3) is 0.569. The van der Waals surface area contributed by atoms with Crippen molar-refractivity contribution < 1.29 is 32.5 Å². The van der Waals surface area contributed by atoms with E-state index in [1.54, 1.807) is 19.2 Å². The molecule has 0 spiro atoms. The van der Waals surface area contributed by atoms with E-state index >= 15 is 8.78 Å². The van der Waals surface area contributed by atoms with Gasteiger partial charge in [-0.25, -0.2) is 18.6 Å². The first-order valence-corrected chi connectivity index (χ1v) is 25.7. The molecule has 2 bridgehead atoms. The second-order valence-electron chi connectivity index (χ2n) is 21.0. The van der Waals surface area contributed by atoms with Gasteiger partial charge in [0, 0.05) is 37.7 Å². The standard InChI is InChI=1S/C51H64F2N6O5Si/c1-28(2)65(29(3)4,30(5)6)23-21-35-37(52)18-16-33-14-13-15-36(40(33)35)43-42(53)44-41-46(56-48(55-44)62-27-51-24-31(7)25-57(51)22-20-39(51)61-12)58-26-34-17-19-38(45(58)32(8)63-47(41)54-43)59(34)49(60)64-50(9,10)11/h13-16,18,28-30,32,34,38-39,45H,7,17,19-20,22,24-27H2,1-6,8-12H3/t32-,34+,38-,39+,45+,51?/m0/s1. The second kappa shape index (κ2) is 16.5. The monoisotopic (exact) mass is 906 g/mol. The van der Waals surface area contributed by atoms with Crippen molar-refractivity contribution in [3.05, 3.63) is 59.7 Å². The minimum atomic E-state index is -2.30. The summed E-state index contributed by atoms with van der Waals surface area (Å²) in [6.07, 6.45) is 2.02. The number of benzene rings is 2. The molecule has 4 aromatic rings. The maximum absolute atomic E-state index is 18.1. The average molecular weight is 907 g/mol. The quantitative estimate of drug-likeness (QED) is 0.0965. The van der Waals surface area contributed by atoms with E-state index in [9.17, 15) is 4.79 Å². The van der Waals surface area contributed by atoms with Crippen LogP contribution in [0.25, 0.3) is 32.9 Å². The molecule has 5 aliphatic rings. The summed E-state index contributed by atoms with van der Waals surface area (Å²) >= 11 is 0. The molecule has 1 amide bonds. The number of hydrogen-bond donors (Lipinski definition) is 0. The van der Waals surface area contributed by atoms with E-state index in [1.807, 2.05) is 44.7 Å². The number of halogens is 2. The third-order valence-corrected chi connectivity index (χ3v) is 21.5. The topological polar surface area (TPSA) is 102 Å². The number of aromatic nitrogens is 3. The van der Waals surface area contributed by atoms with Crippen molar-refractivity contribution in [3.8, 4) is 34.6 Å². The van der Waals surface area contributed by atoms with Gasteiger partial charge in [0.25, 0.3) is 0 Å². The molecule has 2 aromatic heterocycles. The van der Waals surface area contributed by atoms with Gasteiger partial charge in [0.15, 0.2) is 5.82 Å². The van der Waals surface area contributed by atoms with Crippen LogP contribution >= 0.6 is 0 Å². The van der Waals surface area contributed by atoms with Gasteiger partial charge in [-0.05, 0) is 81.5 Å². The molecule has 65 heavy (non-hydrogen) atoms. The average Bonchev–Trinajstić information content (AvgIpc) is 3.83. The number of amides is 1. The van der Waals surface area contributed by atoms with Gasteiger partial charge in [-0.15, -0.1) is 5.54 Å². The molecule has 1 unspecified atom stereocenters. The summed E-state index contributed by atoms with van der Waals surface area (Å²) < 4.78 is 60.0. The Morgan fingerprint density at radius 1 is 1.02 bits per heavy atom. The summed E-state index contributed by atoms with van der Waals surface area (Å²) in [6, 6.07) is 7.76. The number of carbonyl (C=O) groups excluding carboxylic acids is 1. The predicted octanol–water partition coefficient (Wildman–Crippen LogP) is 10.2. The van der Waals surface area contributed by atoms with Crippen LogP contribution in [0.1, 0.15) is 100 Å². The Bertz CT molecular complexity index is 2620. The number of pyridine rings is 1. The highest BCUT2D eigenvalue weighted by atomic mass is 28.3. The van der Waals surface area contributed by atoms with Crippen molar-refractivity contribution in [2.75, 3.05) is 38.3 Å². The molecule has 11 nitrogen and oxygen atoms in total. The third-order valence-electron chi connectivity index (χ3n) is 15.2. The molecule has 0 N–H and O–H groups in total. The largest absolute Gasteiger partial charge is 0.472 e. The number of fused-ring (bicyclic) bond motifs is 7. The SMILES string of the molecule is C=C1CN2CC[C@@H](OC)C2(COc2nc3c4c(nc(-c5cccc6ccc(F)c(C#C[Si](C(C)C)(C(C)C)C(C)C)c56)c(F)c4n2)O[C@@H](C)[C@@H]2[C@@H]4CC[C@H](CN32)N4C(=O)OC(C)(C)C)C1. The first kappa shape index (κ1) is 45.3. The molecule has 9 rings (SSSR count). The molecule has 346 valence electrons. The van der Waals surface area contributed by atoms with Crippen molar-refractivity contribution >= 4 is 41.7 Å². The van der Waals surface area contributed by atoms with E-state index < -0.39 is 43.0 Å². The highest BCUT2D eigenvalue weighted by Crippen LogP contribution is 2.49. The van der Waals surface area contributed by atoms with Crippen LogP contribution in [0.5, 0.6) is 11.9 Å². The lowest BCUT2D eigenvalue weighted by molar-refractivity contribution is -0.0120. The van der Waals surface area contributed by atoms with Gasteiger partial charge < -0.3 is 23.8 Å². The Balaban J connectivity index is 1.24. The van der Waals surface area contributed by atoms with Gasteiger partial charge in [0.2, 0.25) is 5.88 Å². The number of hydrogen-bond acceptors (Lipinski definition) is 10. The summed E-state index contributed by atoms with van der Waals surface area (Å²) in [7, 11) is -0.577. The van der Waals surface area contributed by atoms with Gasteiger partial charge in [-0.3, -0.25) is 9.80 Å². The fourth-order valence-corrected chi connectivity index (χ4v) is 17.7. The Morgan fingerprint density at radius 3 is 2.45 bits per heavy atom. The summed E-state index contributed by atoms with van der Waals surface area (Å²) in [5, 5.41) is 1.49. The molecule has 2 aromatic carbocycles. The normalized spacial score (nSPS) is 25.3. The van der Waals surface area contributed by atoms with Gasteiger partial charge in [-0.1, -0.05) is 83.9 Å². The van der Waals surface area contributed by atoms with E-state index in [2.05, 4.69) is 69.4 Å². The Morgan fingerprint density at radius 2 is 1.75 bits per heavy atom. The lowest BCUT2D eigenvalue weighted by Crippen LogP contribution is -2.65. The van der Waals surface area contributed by atoms with Crippen LogP contribution in [-0.2, 0) is 9.47 Å². The first-order chi connectivity index (χ1) is 30.8. The molecule has 5 aliphatic heterocycles. The lowest BCUT2D eigenvalue weighted by atomic mass is 9.91. The molecule has 4 saturated heterocycles. The number of carbonyl (C=O) groups is 1. The van der Waals surface area contributed by atoms with Crippen LogP contribution in [0.4, 0.5) is 19.4 Å². The highest BCUT2D eigenvalue weighted by Gasteiger charge is 2.56. The number of ether oxygens (including phenoxy) is 4. The molecule has 4 fully saturated rings. The molecule has 0 radical (unpaired) electrons. The second-order valence-corrected chi connectivity index (χ2v) is 26.6. The van der Waals surface area contributed by atoms with Gasteiger partial charge in [-0.2, -0.15) is 9.97 Å². The maximum Gasteiger partial charge on any atom is 0.410 e. The van der Waals surface area contributed by atoms with Crippen molar-refractivity contribution in [2.45, 2.75) is 153 Å². The van der Waals surface area contributed by atoms with E-state index in [4.69, 9.17) is 33.9 Å². The number of piperazine rings is 1. The van der Waals surface area contributed by atoms with Crippen LogP contribution < -0.4 is 14.4 Å². The fourth-order valence-electron chi connectivity index (χ4n) is 12.5. The number of methoxy groups -OCH3 is 1. The zero-order valence-electron chi connectivity index (χ0n) is 39.8. The molecular formula is C51H64F2N6O5Si. The zero-order chi connectivity index (χ0) is 46.5. The lowest BCUT2D eigenvalue weighted by Gasteiger charge is -2.48. The highest BCUT2D eigenvalue weighted by molar-refractivity contribution is 6.90. The van der Waals surface area contributed by atoms with Gasteiger partial charge in [0.05, 0.1) is 35.3 Å². The number of anilines is 1. The van der Waals surface area contributed by atoms with E-state index in [0.29, 0.717) is 57.1 Å². The van der Waals surface area contributed by atoms with E-state index in [-0.39, 0.29) is 59.6 Å². The minimum Gasteiger partial charge on any atom is -0.472 e. The number of nitrogens with zero attached hydrogens (tertiary/aromatic N) is 6. The van der Waals surface area contributed by atoms with Crippen molar-refractivity contribution in [2.24, 2.45) is 0 Å². The van der Waals surface area contributed by atoms with Crippen LogP contribution in [0, 0.1) is 23.1 Å².